The second-order valence-corrected chi connectivity index (χ2v) is 4.15. The first-order chi connectivity index (χ1) is 6.25. The summed E-state index contributed by atoms with van der Waals surface area (Å²) in [6.45, 7) is 3.39. The lowest BCUT2D eigenvalue weighted by Gasteiger charge is -2.24. The van der Waals surface area contributed by atoms with Crippen LogP contribution >= 0.6 is 23.7 Å². The van der Waals surface area contributed by atoms with Crippen LogP contribution in [-0.2, 0) is 4.79 Å². The largest absolute Gasteiger partial charge is 0.315 e. The number of aromatic nitrogens is 2. The Labute approximate surface area is 91.7 Å². The Morgan fingerprint density at radius 2 is 2.29 bits per heavy atom. The highest BCUT2D eigenvalue weighted by Gasteiger charge is 2.25. The van der Waals surface area contributed by atoms with Crippen LogP contribution in [0.2, 0.25) is 0 Å². The molecule has 0 saturated carbocycles. The fourth-order valence-corrected chi connectivity index (χ4v) is 1.62. The highest BCUT2D eigenvalue weighted by Crippen LogP contribution is 2.15. The van der Waals surface area contributed by atoms with Crippen molar-refractivity contribution in [2.24, 2.45) is 5.92 Å². The van der Waals surface area contributed by atoms with Crippen LogP contribution in [0.5, 0.6) is 0 Å². The summed E-state index contributed by atoms with van der Waals surface area (Å²) in [4.78, 5) is 11.4. The molecule has 14 heavy (non-hydrogen) atoms. The fraction of sp³-hybridized carbons (Fsp3) is 0.571. The molecule has 7 heteroatoms. The molecule has 0 radical (unpaired) electrons. The summed E-state index contributed by atoms with van der Waals surface area (Å²) in [6.07, 6.45) is 0. The van der Waals surface area contributed by atoms with Gasteiger partial charge in [0.2, 0.25) is 11.0 Å². The van der Waals surface area contributed by atoms with E-state index in [1.165, 1.54) is 11.3 Å². The minimum absolute atomic E-state index is 0. The van der Waals surface area contributed by atoms with Crippen LogP contribution in [-0.4, -0.2) is 29.2 Å². The first kappa shape index (κ1) is 11.4. The number of halogens is 1. The van der Waals surface area contributed by atoms with Crippen molar-refractivity contribution in [3.8, 4) is 0 Å². The van der Waals surface area contributed by atoms with E-state index >= 15 is 0 Å². The van der Waals surface area contributed by atoms with Gasteiger partial charge in [-0.25, -0.2) is 0 Å². The molecule has 1 aromatic heterocycles. The van der Waals surface area contributed by atoms with Gasteiger partial charge in [0.15, 0.2) is 0 Å². The van der Waals surface area contributed by atoms with Crippen LogP contribution in [0.4, 0.5) is 5.13 Å². The molecule has 1 aliphatic heterocycles. The molecule has 0 atom stereocenters. The smallest absolute Gasteiger partial charge is 0.231 e. The predicted octanol–water partition coefficient (Wildman–Crippen LogP) is 0.426. The van der Waals surface area contributed by atoms with E-state index in [4.69, 9.17) is 0 Å². The van der Waals surface area contributed by atoms with Crippen LogP contribution in [0.15, 0.2) is 0 Å². The summed E-state index contributed by atoms with van der Waals surface area (Å²) < 4.78 is 0. The van der Waals surface area contributed by atoms with E-state index < -0.39 is 0 Å². The van der Waals surface area contributed by atoms with Crippen LogP contribution in [0.25, 0.3) is 0 Å². The van der Waals surface area contributed by atoms with Gasteiger partial charge in [-0.2, -0.15) is 0 Å². The third kappa shape index (κ3) is 2.40. The molecule has 1 aliphatic rings. The van der Waals surface area contributed by atoms with Gasteiger partial charge in [-0.1, -0.05) is 11.3 Å². The fourth-order valence-electron chi connectivity index (χ4n) is 1.03. The number of aryl methyl sites for hydroxylation is 1. The van der Waals surface area contributed by atoms with E-state index in [9.17, 15) is 4.79 Å². The van der Waals surface area contributed by atoms with Crippen molar-refractivity contribution < 1.29 is 4.79 Å². The van der Waals surface area contributed by atoms with Gasteiger partial charge in [-0.15, -0.1) is 22.6 Å². The monoisotopic (exact) mass is 234 g/mol. The molecule has 1 aromatic rings. The van der Waals surface area contributed by atoms with Crippen molar-refractivity contribution in [1.82, 2.24) is 15.5 Å². The normalized spacial score (nSPS) is 15.5. The maximum atomic E-state index is 11.4. The Balaban J connectivity index is 0.000000980. The maximum absolute atomic E-state index is 11.4. The molecule has 0 aromatic carbocycles. The molecular weight excluding hydrogens is 224 g/mol. The summed E-state index contributed by atoms with van der Waals surface area (Å²) >= 11 is 1.39. The Kier molecular flexibility index (Phi) is 3.79. The first-order valence-electron chi connectivity index (χ1n) is 4.07. The average Bonchev–Trinajstić information content (AvgIpc) is 2.31. The third-order valence-corrected chi connectivity index (χ3v) is 2.66. The summed E-state index contributed by atoms with van der Waals surface area (Å²) in [7, 11) is 0. The average molecular weight is 235 g/mol. The van der Waals surface area contributed by atoms with Crippen LogP contribution in [0, 0.1) is 12.8 Å². The molecule has 2 N–H and O–H groups in total. The number of nitrogens with one attached hydrogen (secondary N) is 2. The van der Waals surface area contributed by atoms with E-state index in [-0.39, 0.29) is 24.2 Å². The topological polar surface area (TPSA) is 66.9 Å². The number of rotatable bonds is 2. The van der Waals surface area contributed by atoms with Gasteiger partial charge in [0.05, 0.1) is 5.92 Å². The predicted molar refractivity (Wildman–Crippen MR) is 56.9 cm³/mol. The van der Waals surface area contributed by atoms with Crippen LogP contribution in [0.3, 0.4) is 0 Å². The van der Waals surface area contributed by atoms with Gasteiger partial charge in [0.1, 0.15) is 5.01 Å². The zero-order valence-corrected chi connectivity index (χ0v) is 9.24. The van der Waals surface area contributed by atoms with Gasteiger partial charge < -0.3 is 10.6 Å². The molecule has 0 spiro atoms. The third-order valence-electron chi connectivity index (χ3n) is 1.91. The number of anilines is 1. The zero-order chi connectivity index (χ0) is 9.26. The zero-order valence-electron chi connectivity index (χ0n) is 7.61. The quantitative estimate of drug-likeness (QED) is 0.779. The van der Waals surface area contributed by atoms with Gasteiger partial charge in [0, 0.05) is 13.1 Å². The second-order valence-electron chi connectivity index (χ2n) is 2.97. The first-order valence-corrected chi connectivity index (χ1v) is 4.89. The molecule has 0 bridgehead atoms. The van der Waals surface area contributed by atoms with Gasteiger partial charge in [-0.3, -0.25) is 4.79 Å². The number of hydrogen-bond donors (Lipinski definition) is 2. The highest BCUT2D eigenvalue weighted by molar-refractivity contribution is 7.15. The number of carbonyl (C=O) groups is 1. The lowest BCUT2D eigenvalue weighted by molar-refractivity contribution is -0.121. The van der Waals surface area contributed by atoms with Crippen molar-refractivity contribution in [2.45, 2.75) is 6.92 Å². The van der Waals surface area contributed by atoms with Crippen molar-refractivity contribution in [1.29, 1.82) is 0 Å². The lowest BCUT2D eigenvalue weighted by Crippen LogP contribution is -2.48. The molecule has 5 nitrogen and oxygen atoms in total. The van der Waals surface area contributed by atoms with Crippen molar-refractivity contribution in [3.63, 3.8) is 0 Å². The summed E-state index contributed by atoms with van der Waals surface area (Å²) in [5.41, 5.74) is 0. The molecule has 78 valence electrons. The molecule has 1 amide bonds. The van der Waals surface area contributed by atoms with E-state index in [0.29, 0.717) is 5.13 Å². The molecule has 2 rings (SSSR count). The molecule has 1 fully saturated rings. The second kappa shape index (κ2) is 4.68. The van der Waals surface area contributed by atoms with Crippen molar-refractivity contribution >= 4 is 34.8 Å². The Hall–Kier alpha value is -0.720. The number of carbonyl (C=O) groups excluding carboxylic acids is 1. The summed E-state index contributed by atoms with van der Waals surface area (Å²) in [6, 6.07) is 0. The Morgan fingerprint density at radius 3 is 2.71 bits per heavy atom. The van der Waals surface area contributed by atoms with Crippen LogP contribution < -0.4 is 10.6 Å². The Morgan fingerprint density at radius 1 is 1.57 bits per heavy atom. The molecule has 1 saturated heterocycles. The van der Waals surface area contributed by atoms with Gasteiger partial charge in [-0.05, 0) is 6.92 Å². The van der Waals surface area contributed by atoms with Crippen molar-refractivity contribution in [2.75, 3.05) is 18.4 Å². The number of nitrogens with zero attached hydrogens (tertiary/aromatic N) is 2. The summed E-state index contributed by atoms with van der Waals surface area (Å²) in [5, 5.41) is 14.8. The molecule has 2 heterocycles. The van der Waals surface area contributed by atoms with Gasteiger partial charge >= 0.3 is 0 Å². The minimum atomic E-state index is 0. The molecular formula is C7H11ClN4OS. The Bertz CT molecular complexity index is 325. The lowest BCUT2D eigenvalue weighted by atomic mass is 10.0. The van der Waals surface area contributed by atoms with E-state index in [2.05, 4.69) is 20.8 Å². The SMILES string of the molecule is Cc1nnc(NC(=O)C2CNC2)s1.Cl. The molecule has 0 aliphatic carbocycles. The molecule has 0 unspecified atom stereocenters. The highest BCUT2D eigenvalue weighted by atomic mass is 35.5. The standard InChI is InChI=1S/C7H10N4OS.ClH/c1-4-10-11-7(13-4)9-6(12)5-2-8-3-5;/h5,8H,2-3H2,1H3,(H,9,11,12);1H. The van der Waals surface area contributed by atoms with Crippen molar-refractivity contribution in [3.05, 3.63) is 5.01 Å². The summed E-state index contributed by atoms with van der Waals surface area (Å²) in [5.74, 6) is 0.138. The van der Waals surface area contributed by atoms with Crippen LogP contribution in [0.1, 0.15) is 5.01 Å². The number of hydrogen-bond acceptors (Lipinski definition) is 5. The number of amides is 1. The van der Waals surface area contributed by atoms with E-state index in [1.807, 2.05) is 6.92 Å². The maximum Gasteiger partial charge on any atom is 0.231 e. The van der Waals surface area contributed by atoms with Gasteiger partial charge in [0.25, 0.3) is 0 Å². The van der Waals surface area contributed by atoms with E-state index in [1.54, 1.807) is 0 Å². The minimum Gasteiger partial charge on any atom is -0.315 e. The van der Waals surface area contributed by atoms with E-state index in [0.717, 1.165) is 18.1 Å².